The molecule has 1 rings (SSSR count). The molecule has 1 N–H and O–H groups in total. The summed E-state index contributed by atoms with van der Waals surface area (Å²) in [4.78, 5) is 14.5. The van der Waals surface area contributed by atoms with Gasteiger partial charge in [0.2, 0.25) is 5.91 Å². The summed E-state index contributed by atoms with van der Waals surface area (Å²) in [5, 5.41) is 3.49. The van der Waals surface area contributed by atoms with E-state index in [9.17, 15) is 4.79 Å². The molecule has 3 nitrogen and oxygen atoms in total. The maximum Gasteiger partial charge on any atom is 0.241 e. The van der Waals surface area contributed by atoms with Crippen molar-refractivity contribution in [2.45, 2.75) is 85.0 Å². The van der Waals surface area contributed by atoms with Crippen LogP contribution in [0.15, 0.2) is 0 Å². The van der Waals surface area contributed by atoms with Gasteiger partial charge in [-0.05, 0) is 25.7 Å². The molecule has 1 heterocycles. The number of unbranched alkanes of at least 4 members (excludes halogenated alkanes) is 2. The van der Waals surface area contributed by atoms with Crippen molar-refractivity contribution in [2.24, 2.45) is 5.92 Å². The summed E-state index contributed by atoms with van der Waals surface area (Å²) in [6.07, 6.45) is 5.97. The van der Waals surface area contributed by atoms with Crippen LogP contribution < -0.4 is 5.32 Å². The molecule has 106 valence electrons. The molecule has 1 fully saturated rings. The predicted octanol–water partition coefficient (Wildman–Crippen LogP) is 3.15. The molecule has 0 aromatic rings. The molecule has 0 aromatic carbocycles. The lowest BCUT2D eigenvalue weighted by Crippen LogP contribution is -2.46. The molecule has 0 spiro atoms. The summed E-state index contributed by atoms with van der Waals surface area (Å²) in [5.74, 6) is 0.777. The Kier molecular flexibility index (Phi) is 6.13. The molecular weight excluding hydrogens is 224 g/mol. The van der Waals surface area contributed by atoms with Crippen molar-refractivity contribution in [2.75, 3.05) is 0 Å². The van der Waals surface area contributed by atoms with Crippen LogP contribution >= 0.6 is 0 Å². The maximum absolute atomic E-state index is 12.4. The van der Waals surface area contributed by atoms with Crippen LogP contribution in [-0.4, -0.2) is 29.1 Å². The Bertz CT molecular complexity index is 265. The fourth-order valence-electron chi connectivity index (χ4n) is 2.80. The summed E-state index contributed by atoms with van der Waals surface area (Å²) in [6.45, 7) is 10.9. The minimum absolute atomic E-state index is 0.0334. The van der Waals surface area contributed by atoms with E-state index in [2.05, 4.69) is 44.8 Å². The lowest BCUT2D eigenvalue weighted by Gasteiger charge is -2.32. The minimum atomic E-state index is 0.0334. The highest BCUT2D eigenvalue weighted by Gasteiger charge is 2.41. The van der Waals surface area contributed by atoms with Crippen molar-refractivity contribution >= 4 is 5.91 Å². The first-order valence-corrected chi connectivity index (χ1v) is 7.61. The molecule has 0 aromatic heterocycles. The van der Waals surface area contributed by atoms with Crippen LogP contribution in [0.3, 0.4) is 0 Å². The van der Waals surface area contributed by atoms with Gasteiger partial charge in [-0.25, -0.2) is 0 Å². The zero-order valence-electron chi connectivity index (χ0n) is 12.7. The van der Waals surface area contributed by atoms with Gasteiger partial charge in [-0.15, -0.1) is 0 Å². The van der Waals surface area contributed by atoms with Crippen molar-refractivity contribution in [3.8, 4) is 0 Å². The number of amides is 1. The monoisotopic (exact) mass is 254 g/mol. The van der Waals surface area contributed by atoms with E-state index in [0.717, 1.165) is 12.8 Å². The Morgan fingerprint density at radius 3 is 2.39 bits per heavy atom. The molecule has 0 aliphatic carbocycles. The largest absolute Gasteiger partial charge is 0.323 e. The fourth-order valence-corrected chi connectivity index (χ4v) is 2.80. The summed E-state index contributed by atoms with van der Waals surface area (Å²) < 4.78 is 0. The van der Waals surface area contributed by atoms with Crippen LogP contribution in [0.1, 0.15) is 66.7 Å². The average molecular weight is 254 g/mol. The number of hydrogen-bond donors (Lipinski definition) is 1. The number of carbonyl (C=O) groups excluding carboxylic acids is 1. The molecule has 1 aliphatic heterocycles. The molecule has 0 radical (unpaired) electrons. The van der Waals surface area contributed by atoms with Crippen LogP contribution in [-0.2, 0) is 4.79 Å². The van der Waals surface area contributed by atoms with Crippen molar-refractivity contribution in [3.05, 3.63) is 0 Å². The molecule has 0 bridgehead atoms. The van der Waals surface area contributed by atoms with Gasteiger partial charge in [-0.2, -0.15) is 0 Å². The van der Waals surface area contributed by atoms with Crippen molar-refractivity contribution in [3.63, 3.8) is 0 Å². The highest BCUT2D eigenvalue weighted by Crippen LogP contribution is 2.24. The van der Waals surface area contributed by atoms with Gasteiger partial charge < -0.3 is 4.90 Å². The molecule has 0 saturated carbocycles. The SMILES string of the molecule is CCCCCC(C)N1C(=O)C(CC)NC1C(C)C. The molecule has 3 atom stereocenters. The zero-order chi connectivity index (χ0) is 13.7. The third-order valence-electron chi connectivity index (χ3n) is 3.96. The number of hydrogen-bond acceptors (Lipinski definition) is 2. The zero-order valence-corrected chi connectivity index (χ0v) is 12.7. The average Bonchev–Trinajstić information content (AvgIpc) is 2.66. The lowest BCUT2D eigenvalue weighted by atomic mass is 10.1. The Labute approximate surface area is 112 Å². The quantitative estimate of drug-likeness (QED) is 0.708. The lowest BCUT2D eigenvalue weighted by molar-refractivity contribution is -0.132. The van der Waals surface area contributed by atoms with Gasteiger partial charge in [0, 0.05) is 6.04 Å². The van der Waals surface area contributed by atoms with E-state index >= 15 is 0 Å². The van der Waals surface area contributed by atoms with Crippen molar-refractivity contribution in [1.29, 1.82) is 0 Å². The molecule has 3 unspecified atom stereocenters. The van der Waals surface area contributed by atoms with Crippen molar-refractivity contribution in [1.82, 2.24) is 10.2 Å². The minimum Gasteiger partial charge on any atom is -0.323 e. The summed E-state index contributed by atoms with van der Waals surface area (Å²) in [6, 6.07) is 0.395. The van der Waals surface area contributed by atoms with Gasteiger partial charge >= 0.3 is 0 Å². The molecule has 3 heteroatoms. The van der Waals surface area contributed by atoms with Crippen LogP contribution in [0.5, 0.6) is 0 Å². The van der Waals surface area contributed by atoms with Gasteiger partial charge in [-0.3, -0.25) is 10.1 Å². The van der Waals surface area contributed by atoms with Gasteiger partial charge in [-0.1, -0.05) is 47.0 Å². The second-order valence-corrected chi connectivity index (χ2v) is 5.91. The van der Waals surface area contributed by atoms with Crippen LogP contribution in [0.4, 0.5) is 0 Å². The predicted molar refractivity (Wildman–Crippen MR) is 76.3 cm³/mol. The van der Waals surface area contributed by atoms with Crippen LogP contribution in [0.25, 0.3) is 0 Å². The van der Waals surface area contributed by atoms with E-state index in [-0.39, 0.29) is 12.2 Å². The molecule has 1 saturated heterocycles. The van der Waals surface area contributed by atoms with E-state index in [1.807, 2.05) is 0 Å². The first-order valence-electron chi connectivity index (χ1n) is 7.61. The standard InChI is InChI=1S/C15H30N2O/c1-6-8-9-10-12(5)17-14(11(3)4)16-13(7-2)15(17)18/h11-14,16H,6-10H2,1-5H3. The van der Waals surface area contributed by atoms with E-state index in [1.54, 1.807) is 0 Å². The number of nitrogens with zero attached hydrogens (tertiary/aromatic N) is 1. The number of rotatable bonds is 7. The maximum atomic E-state index is 12.4. The third-order valence-corrected chi connectivity index (χ3v) is 3.96. The summed E-state index contributed by atoms with van der Waals surface area (Å²) >= 11 is 0. The van der Waals surface area contributed by atoms with Gasteiger partial charge in [0.05, 0.1) is 12.2 Å². The highest BCUT2D eigenvalue weighted by atomic mass is 16.2. The fraction of sp³-hybridized carbons (Fsp3) is 0.933. The Balaban J connectivity index is 2.66. The van der Waals surface area contributed by atoms with Crippen LogP contribution in [0.2, 0.25) is 0 Å². The molecule has 18 heavy (non-hydrogen) atoms. The molecule has 1 amide bonds. The van der Waals surface area contributed by atoms with Gasteiger partial charge in [0.25, 0.3) is 0 Å². The summed E-state index contributed by atoms with van der Waals surface area (Å²) in [7, 11) is 0. The van der Waals surface area contributed by atoms with Crippen LogP contribution in [0, 0.1) is 5.92 Å². The Morgan fingerprint density at radius 1 is 1.22 bits per heavy atom. The smallest absolute Gasteiger partial charge is 0.241 e. The third kappa shape index (κ3) is 3.47. The molecular formula is C15H30N2O. The van der Waals surface area contributed by atoms with E-state index in [0.29, 0.717) is 17.9 Å². The highest BCUT2D eigenvalue weighted by molar-refractivity contribution is 5.84. The normalized spacial score (nSPS) is 26.1. The first kappa shape index (κ1) is 15.5. The van der Waals surface area contributed by atoms with Gasteiger partial charge in [0.15, 0.2) is 0 Å². The van der Waals surface area contributed by atoms with Crippen molar-refractivity contribution < 1.29 is 4.79 Å². The number of nitrogens with one attached hydrogen (secondary N) is 1. The summed E-state index contributed by atoms with van der Waals surface area (Å²) in [5.41, 5.74) is 0. The Morgan fingerprint density at radius 2 is 1.89 bits per heavy atom. The Hall–Kier alpha value is -0.570. The van der Waals surface area contributed by atoms with E-state index < -0.39 is 0 Å². The molecule has 1 aliphatic rings. The second-order valence-electron chi connectivity index (χ2n) is 5.91. The van der Waals surface area contributed by atoms with Gasteiger partial charge in [0.1, 0.15) is 0 Å². The topological polar surface area (TPSA) is 32.3 Å². The van der Waals surface area contributed by atoms with E-state index in [1.165, 1.54) is 19.3 Å². The first-order chi connectivity index (χ1) is 8.52. The van der Waals surface area contributed by atoms with E-state index in [4.69, 9.17) is 0 Å². The second kappa shape index (κ2) is 7.13. The number of carbonyl (C=O) groups is 1.